The normalized spacial score (nSPS) is 24.7. The molecule has 1 saturated heterocycles. The van der Waals surface area contributed by atoms with Crippen molar-refractivity contribution in [1.29, 1.82) is 0 Å². The van der Waals surface area contributed by atoms with Crippen LogP contribution in [0.2, 0.25) is 0 Å². The van der Waals surface area contributed by atoms with Gasteiger partial charge in [0.1, 0.15) is 12.1 Å². The van der Waals surface area contributed by atoms with Gasteiger partial charge in [0, 0.05) is 25.4 Å². The predicted molar refractivity (Wildman–Crippen MR) is 74.6 cm³/mol. The summed E-state index contributed by atoms with van der Waals surface area (Å²) in [5, 5.41) is 6.88. The van der Waals surface area contributed by atoms with Crippen LogP contribution < -0.4 is 5.32 Å². The van der Waals surface area contributed by atoms with Gasteiger partial charge in [-0.1, -0.05) is 20.3 Å². The minimum absolute atomic E-state index is 0.0289. The molecular formula is C14H22N4O2. The van der Waals surface area contributed by atoms with Gasteiger partial charge in [0.15, 0.2) is 0 Å². The summed E-state index contributed by atoms with van der Waals surface area (Å²) in [6.07, 6.45) is 4.46. The molecule has 2 heterocycles. The Hall–Kier alpha value is -1.85. The molecule has 1 aliphatic heterocycles. The van der Waals surface area contributed by atoms with Crippen LogP contribution in [-0.2, 0) is 23.2 Å². The summed E-state index contributed by atoms with van der Waals surface area (Å²) in [5.41, 5.74) is 0.941. The van der Waals surface area contributed by atoms with E-state index in [1.165, 1.54) is 0 Å². The standard InChI is InChI=1S/C14H22N4O2/c1-5-9(2)12-13(19)16-10(3)14(20)18(12)8-11-6-15-17(4)7-11/h6-7,9-10,12H,5,8H2,1-4H3,(H,16,19). The minimum atomic E-state index is -0.459. The number of carbonyl (C=O) groups excluding carboxylic acids is 2. The number of amides is 2. The molecule has 0 aliphatic carbocycles. The summed E-state index contributed by atoms with van der Waals surface area (Å²) in [5.74, 6) is 0.0391. The smallest absolute Gasteiger partial charge is 0.245 e. The maximum Gasteiger partial charge on any atom is 0.245 e. The molecule has 0 aromatic carbocycles. The van der Waals surface area contributed by atoms with Crippen LogP contribution in [0.15, 0.2) is 12.4 Å². The first-order valence-corrected chi connectivity index (χ1v) is 7.02. The molecule has 2 rings (SSSR count). The van der Waals surface area contributed by atoms with Crippen LogP contribution in [0.25, 0.3) is 0 Å². The third-order valence-corrected chi connectivity index (χ3v) is 3.91. The molecule has 0 spiro atoms. The van der Waals surface area contributed by atoms with Crippen molar-refractivity contribution in [2.75, 3.05) is 0 Å². The SMILES string of the molecule is CCC(C)C1C(=O)NC(C)C(=O)N1Cc1cnn(C)c1. The zero-order valence-corrected chi connectivity index (χ0v) is 12.5. The zero-order chi connectivity index (χ0) is 14.9. The van der Waals surface area contributed by atoms with E-state index in [9.17, 15) is 9.59 Å². The summed E-state index contributed by atoms with van der Waals surface area (Å²) in [4.78, 5) is 26.3. The van der Waals surface area contributed by atoms with Gasteiger partial charge in [-0.3, -0.25) is 14.3 Å². The number of carbonyl (C=O) groups is 2. The van der Waals surface area contributed by atoms with E-state index in [0.29, 0.717) is 6.54 Å². The van der Waals surface area contributed by atoms with Crippen molar-refractivity contribution in [3.05, 3.63) is 18.0 Å². The van der Waals surface area contributed by atoms with Gasteiger partial charge >= 0.3 is 0 Å². The number of aryl methyl sites for hydroxylation is 1. The number of hydrogen-bond acceptors (Lipinski definition) is 3. The Kier molecular flexibility index (Phi) is 4.11. The molecule has 1 aromatic heterocycles. The second-order valence-electron chi connectivity index (χ2n) is 5.55. The van der Waals surface area contributed by atoms with Gasteiger partial charge in [-0.05, 0) is 12.8 Å². The summed E-state index contributed by atoms with van der Waals surface area (Å²) >= 11 is 0. The van der Waals surface area contributed by atoms with Crippen LogP contribution in [0, 0.1) is 5.92 Å². The number of nitrogens with one attached hydrogen (secondary N) is 1. The molecule has 3 unspecified atom stereocenters. The van der Waals surface area contributed by atoms with Gasteiger partial charge in [-0.25, -0.2) is 0 Å². The van der Waals surface area contributed by atoms with E-state index in [1.54, 1.807) is 22.7 Å². The van der Waals surface area contributed by atoms with Crippen molar-refractivity contribution in [2.24, 2.45) is 13.0 Å². The monoisotopic (exact) mass is 278 g/mol. The first-order valence-electron chi connectivity index (χ1n) is 7.02. The fraction of sp³-hybridized carbons (Fsp3) is 0.643. The summed E-state index contributed by atoms with van der Waals surface area (Å²) in [7, 11) is 1.84. The van der Waals surface area contributed by atoms with Crippen LogP contribution >= 0.6 is 0 Å². The molecule has 6 heteroatoms. The van der Waals surface area contributed by atoms with E-state index >= 15 is 0 Å². The molecule has 3 atom stereocenters. The highest BCUT2D eigenvalue weighted by atomic mass is 16.2. The Morgan fingerprint density at radius 3 is 2.70 bits per heavy atom. The van der Waals surface area contributed by atoms with E-state index in [-0.39, 0.29) is 17.7 Å². The minimum Gasteiger partial charge on any atom is -0.343 e. The predicted octanol–water partition coefficient (Wildman–Crippen LogP) is 0.682. The van der Waals surface area contributed by atoms with Gasteiger partial charge in [-0.2, -0.15) is 5.10 Å². The topological polar surface area (TPSA) is 67.2 Å². The third-order valence-electron chi connectivity index (χ3n) is 3.91. The Balaban J connectivity index is 2.26. The average molecular weight is 278 g/mol. The number of piperazine rings is 1. The molecule has 1 fully saturated rings. The van der Waals surface area contributed by atoms with E-state index in [1.807, 2.05) is 27.1 Å². The molecule has 0 saturated carbocycles. The van der Waals surface area contributed by atoms with Gasteiger partial charge in [-0.15, -0.1) is 0 Å². The Labute approximate surface area is 119 Å². The first kappa shape index (κ1) is 14.6. The quantitative estimate of drug-likeness (QED) is 0.881. The van der Waals surface area contributed by atoms with Gasteiger partial charge in [0.05, 0.1) is 6.20 Å². The molecule has 0 radical (unpaired) electrons. The zero-order valence-electron chi connectivity index (χ0n) is 12.5. The van der Waals surface area contributed by atoms with Crippen molar-refractivity contribution < 1.29 is 9.59 Å². The number of rotatable bonds is 4. The molecule has 0 bridgehead atoms. The third kappa shape index (κ3) is 2.69. The number of aromatic nitrogens is 2. The molecule has 110 valence electrons. The van der Waals surface area contributed by atoms with Gasteiger partial charge < -0.3 is 10.2 Å². The Bertz CT molecular complexity index is 511. The lowest BCUT2D eigenvalue weighted by Gasteiger charge is -2.40. The first-order chi connectivity index (χ1) is 9.43. The van der Waals surface area contributed by atoms with Crippen molar-refractivity contribution in [1.82, 2.24) is 20.0 Å². The highest BCUT2D eigenvalue weighted by Gasteiger charge is 2.40. The van der Waals surface area contributed by atoms with Crippen molar-refractivity contribution in [2.45, 2.75) is 45.8 Å². The van der Waals surface area contributed by atoms with E-state index < -0.39 is 12.1 Å². The summed E-state index contributed by atoms with van der Waals surface area (Å²) in [6, 6.07) is -0.858. The molecule has 1 aliphatic rings. The average Bonchev–Trinajstić information content (AvgIpc) is 2.80. The molecule has 1 N–H and O–H groups in total. The van der Waals surface area contributed by atoms with Crippen molar-refractivity contribution >= 4 is 11.8 Å². The van der Waals surface area contributed by atoms with Crippen LogP contribution in [0.5, 0.6) is 0 Å². The van der Waals surface area contributed by atoms with Crippen LogP contribution in [-0.4, -0.2) is 38.6 Å². The van der Waals surface area contributed by atoms with Crippen molar-refractivity contribution in [3.63, 3.8) is 0 Å². The Morgan fingerprint density at radius 2 is 2.15 bits per heavy atom. The molecule has 6 nitrogen and oxygen atoms in total. The van der Waals surface area contributed by atoms with Gasteiger partial charge in [0.2, 0.25) is 11.8 Å². The fourth-order valence-electron chi connectivity index (χ4n) is 2.60. The Morgan fingerprint density at radius 1 is 1.45 bits per heavy atom. The highest BCUT2D eigenvalue weighted by molar-refractivity contribution is 5.96. The second kappa shape index (κ2) is 5.64. The maximum atomic E-state index is 12.4. The highest BCUT2D eigenvalue weighted by Crippen LogP contribution is 2.22. The van der Waals surface area contributed by atoms with Crippen LogP contribution in [0.1, 0.15) is 32.8 Å². The molecular weight excluding hydrogens is 256 g/mol. The van der Waals surface area contributed by atoms with E-state index in [0.717, 1.165) is 12.0 Å². The second-order valence-corrected chi connectivity index (χ2v) is 5.55. The number of hydrogen-bond donors (Lipinski definition) is 1. The summed E-state index contributed by atoms with van der Waals surface area (Å²) in [6.45, 7) is 6.19. The molecule has 20 heavy (non-hydrogen) atoms. The maximum absolute atomic E-state index is 12.4. The van der Waals surface area contributed by atoms with Crippen molar-refractivity contribution in [3.8, 4) is 0 Å². The number of nitrogens with zero attached hydrogens (tertiary/aromatic N) is 3. The molecule has 1 aromatic rings. The lowest BCUT2D eigenvalue weighted by molar-refractivity contribution is -0.151. The van der Waals surface area contributed by atoms with E-state index in [4.69, 9.17) is 0 Å². The molecule has 2 amide bonds. The lowest BCUT2D eigenvalue weighted by atomic mass is 9.93. The van der Waals surface area contributed by atoms with Crippen LogP contribution in [0.3, 0.4) is 0 Å². The lowest BCUT2D eigenvalue weighted by Crippen LogP contribution is -2.63. The summed E-state index contributed by atoms with van der Waals surface area (Å²) < 4.78 is 1.70. The fourth-order valence-corrected chi connectivity index (χ4v) is 2.60. The van der Waals surface area contributed by atoms with Gasteiger partial charge in [0.25, 0.3) is 0 Å². The largest absolute Gasteiger partial charge is 0.343 e. The van der Waals surface area contributed by atoms with Crippen LogP contribution in [0.4, 0.5) is 0 Å². The van der Waals surface area contributed by atoms with E-state index in [2.05, 4.69) is 10.4 Å².